The fourth-order valence-corrected chi connectivity index (χ4v) is 5.84. The van der Waals surface area contributed by atoms with Gasteiger partial charge >= 0.3 is 0 Å². The highest BCUT2D eigenvalue weighted by Gasteiger charge is 2.54. The number of quaternary nitrogens is 2. The summed E-state index contributed by atoms with van der Waals surface area (Å²) in [6, 6.07) is 5.44. The summed E-state index contributed by atoms with van der Waals surface area (Å²) in [4.78, 5) is 42.3. The second-order valence-corrected chi connectivity index (χ2v) is 9.38. The van der Waals surface area contributed by atoms with Crippen molar-refractivity contribution in [1.29, 1.82) is 0 Å². The summed E-state index contributed by atoms with van der Waals surface area (Å²) < 4.78 is 0. The molecule has 0 aliphatic carbocycles. The average Bonchev–Trinajstić information content (AvgIpc) is 3.03. The molecule has 1 aromatic rings. The molecule has 4 N–H and O–H groups in total. The third-order valence-corrected chi connectivity index (χ3v) is 7.58. The summed E-state index contributed by atoms with van der Waals surface area (Å²) in [5, 5.41) is 0. The van der Waals surface area contributed by atoms with Crippen molar-refractivity contribution in [2.75, 3.05) is 31.1 Å². The van der Waals surface area contributed by atoms with Gasteiger partial charge in [0.2, 0.25) is 5.91 Å². The molecule has 1 atom stereocenters. The molecule has 162 valence electrons. The highest BCUT2D eigenvalue weighted by molar-refractivity contribution is 6.22. The average molecular weight is 415 g/mol. The van der Waals surface area contributed by atoms with Crippen LogP contribution in [0.15, 0.2) is 18.2 Å². The van der Waals surface area contributed by atoms with Crippen LogP contribution in [-0.4, -0.2) is 55.5 Å². The van der Waals surface area contributed by atoms with E-state index in [1.807, 2.05) is 32.0 Å². The van der Waals surface area contributed by atoms with Crippen LogP contribution in [0.5, 0.6) is 0 Å². The number of likely N-dealkylation sites (tertiary alicyclic amines) is 2. The van der Waals surface area contributed by atoms with Crippen molar-refractivity contribution in [2.45, 2.75) is 64.0 Å². The van der Waals surface area contributed by atoms with Crippen molar-refractivity contribution in [3.8, 4) is 0 Å². The van der Waals surface area contributed by atoms with E-state index in [2.05, 4.69) is 0 Å². The van der Waals surface area contributed by atoms with Crippen molar-refractivity contribution < 1.29 is 24.2 Å². The van der Waals surface area contributed by atoms with Gasteiger partial charge in [0.25, 0.3) is 11.8 Å². The van der Waals surface area contributed by atoms with E-state index in [-0.39, 0.29) is 30.2 Å². The van der Waals surface area contributed by atoms with E-state index in [1.54, 1.807) is 0 Å². The summed E-state index contributed by atoms with van der Waals surface area (Å²) in [5.74, 6) is -0.444. The Morgan fingerprint density at radius 1 is 1.07 bits per heavy atom. The van der Waals surface area contributed by atoms with Crippen molar-refractivity contribution in [3.05, 3.63) is 29.3 Å². The highest BCUT2D eigenvalue weighted by atomic mass is 16.2. The molecule has 7 nitrogen and oxygen atoms in total. The predicted octanol–water partition coefficient (Wildman–Crippen LogP) is -1.09. The first-order chi connectivity index (χ1) is 14.3. The number of nitrogens with zero attached hydrogens (tertiary/aromatic N) is 1. The molecule has 3 aliphatic heterocycles. The van der Waals surface area contributed by atoms with E-state index in [4.69, 9.17) is 5.73 Å². The Morgan fingerprint density at radius 2 is 1.73 bits per heavy atom. The number of carbonyl (C=O) groups is 3. The standard InChI is InChI=1S/C23H32N4O3/c1-16-6-7-18(17(2)14-16)27-20(28)15-19(21(27)29)25-12-8-23(9-13-25,22(24)30)26-10-4-3-5-11-26/h6-7,14,19H,3-5,8-13,15H2,1-2H3,(H2,24,30)/p+2/t19-/m0/s1. The number of piperidine rings is 2. The van der Waals surface area contributed by atoms with Gasteiger partial charge in [0, 0.05) is 0 Å². The molecule has 3 amide bonds. The lowest BCUT2D eigenvalue weighted by atomic mass is 9.83. The smallest absolute Gasteiger partial charge is 0.292 e. The molecule has 7 heteroatoms. The van der Waals surface area contributed by atoms with E-state index >= 15 is 0 Å². The number of primary amides is 1. The Bertz CT molecular complexity index is 854. The molecular formula is C23H34N4O3+2. The van der Waals surface area contributed by atoms with Crippen LogP contribution in [-0.2, 0) is 14.4 Å². The molecule has 0 saturated carbocycles. The SMILES string of the molecule is Cc1ccc(N2C(=O)C[C@H]([NH+]3CCC(C(N)=O)([NH+]4CCCCC4)CC3)C2=O)c(C)c1. The number of benzene rings is 1. The molecule has 30 heavy (non-hydrogen) atoms. The van der Waals surface area contributed by atoms with E-state index in [9.17, 15) is 14.4 Å². The second kappa shape index (κ2) is 8.12. The molecule has 4 rings (SSSR count). The lowest BCUT2D eigenvalue weighted by molar-refractivity contribution is -0.978. The summed E-state index contributed by atoms with van der Waals surface area (Å²) in [5.41, 5.74) is 8.14. The van der Waals surface area contributed by atoms with Crippen molar-refractivity contribution >= 4 is 23.4 Å². The number of amides is 3. The summed E-state index contributed by atoms with van der Waals surface area (Å²) in [7, 11) is 0. The molecule has 0 aromatic heterocycles. The topological polar surface area (TPSA) is 89.3 Å². The number of hydrogen-bond acceptors (Lipinski definition) is 3. The lowest BCUT2D eigenvalue weighted by Gasteiger charge is -2.44. The quantitative estimate of drug-likeness (QED) is 0.547. The molecule has 1 aromatic carbocycles. The summed E-state index contributed by atoms with van der Waals surface area (Å²) in [6.45, 7) is 7.35. The zero-order valence-electron chi connectivity index (χ0n) is 18.1. The van der Waals surface area contributed by atoms with Crippen LogP contribution in [0.25, 0.3) is 0 Å². The molecule has 3 heterocycles. The number of nitrogens with one attached hydrogen (secondary N) is 2. The Kier molecular flexibility index (Phi) is 5.68. The summed E-state index contributed by atoms with van der Waals surface area (Å²) in [6.07, 6.45) is 5.12. The number of imide groups is 1. The zero-order chi connectivity index (χ0) is 21.5. The first-order valence-electron chi connectivity index (χ1n) is 11.3. The van der Waals surface area contributed by atoms with Gasteiger partial charge in [0.15, 0.2) is 11.6 Å². The number of aryl methyl sites for hydroxylation is 2. The maximum atomic E-state index is 13.2. The number of hydrogen-bond donors (Lipinski definition) is 3. The predicted molar refractivity (Wildman–Crippen MR) is 113 cm³/mol. The van der Waals surface area contributed by atoms with E-state index in [0.29, 0.717) is 31.6 Å². The monoisotopic (exact) mass is 414 g/mol. The molecule has 3 fully saturated rings. The fraction of sp³-hybridized carbons (Fsp3) is 0.609. The van der Waals surface area contributed by atoms with Crippen LogP contribution >= 0.6 is 0 Å². The largest absolute Gasteiger partial charge is 0.364 e. The first kappa shape index (κ1) is 21.0. The van der Waals surface area contributed by atoms with E-state index < -0.39 is 5.54 Å². The van der Waals surface area contributed by atoms with Gasteiger partial charge in [-0.3, -0.25) is 14.4 Å². The zero-order valence-corrected chi connectivity index (χ0v) is 18.1. The number of nitrogens with two attached hydrogens (primary N) is 1. The summed E-state index contributed by atoms with van der Waals surface area (Å²) >= 11 is 0. The Morgan fingerprint density at radius 3 is 2.33 bits per heavy atom. The van der Waals surface area contributed by atoms with Crippen LogP contribution < -0.4 is 20.4 Å². The highest BCUT2D eigenvalue weighted by Crippen LogP contribution is 2.27. The van der Waals surface area contributed by atoms with Gasteiger partial charge in [0.05, 0.1) is 51.1 Å². The Balaban J connectivity index is 1.49. The maximum absolute atomic E-state index is 13.2. The van der Waals surface area contributed by atoms with Gasteiger partial charge in [-0.05, 0) is 44.7 Å². The van der Waals surface area contributed by atoms with Crippen LogP contribution in [0.4, 0.5) is 5.69 Å². The van der Waals surface area contributed by atoms with E-state index in [1.165, 1.54) is 16.2 Å². The Labute approximate surface area is 178 Å². The molecular weight excluding hydrogens is 380 g/mol. The molecule has 3 saturated heterocycles. The van der Waals surface area contributed by atoms with Gasteiger partial charge < -0.3 is 15.5 Å². The van der Waals surface area contributed by atoms with E-state index in [0.717, 1.165) is 42.0 Å². The lowest BCUT2D eigenvalue weighted by Crippen LogP contribution is -3.27. The van der Waals surface area contributed by atoms with Gasteiger partial charge in [0.1, 0.15) is 0 Å². The third-order valence-electron chi connectivity index (χ3n) is 7.58. The minimum absolute atomic E-state index is 0.112. The minimum Gasteiger partial charge on any atom is -0.364 e. The van der Waals surface area contributed by atoms with Crippen molar-refractivity contribution in [3.63, 3.8) is 0 Å². The number of rotatable bonds is 4. The molecule has 3 aliphatic rings. The van der Waals surface area contributed by atoms with Gasteiger partial charge in [-0.15, -0.1) is 0 Å². The van der Waals surface area contributed by atoms with Gasteiger partial charge in [-0.25, -0.2) is 4.90 Å². The van der Waals surface area contributed by atoms with Crippen LogP contribution in [0.3, 0.4) is 0 Å². The maximum Gasteiger partial charge on any atom is 0.292 e. The first-order valence-corrected chi connectivity index (χ1v) is 11.3. The Hall–Kier alpha value is -2.25. The molecule has 0 bridgehead atoms. The van der Waals surface area contributed by atoms with Crippen molar-refractivity contribution in [1.82, 2.24) is 0 Å². The second-order valence-electron chi connectivity index (χ2n) is 9.38. The molecule has 0 spiro atoms. The minimum atomic E-state index is -0.511. The third kappa shape index (κ3) is 3.54. The van der Waals surface area contributed by atoms with Gasteiger partial charge in [-0.2, -0.15) is 0 Å². The molecule has 0 unspecified atom stereocenters. The van der Waals surface area contributed by atoms with Crippen LogP contribution in [0.1, 0.15) is 49.7 Å². The molecule has 0 radical (unpaired) electrons. The van der Waals surface area contributed by atoms with Gasteiger partial charge in [-0.1, -0.05) is 17.7 Å². The number of carbonyl (C=O) groups excluding carboxylic acids is 3. The van der Waals surface area contributed by atoms with Crippen molar-refractivity contribution in [2.24, 2.45) is 5.73 Å². The normalized spacial score (nSPS) is 30.7. The number of anilines is 1. The fourth-order valence-electron chi connectivity index (χ4n) is 5.84. The van der Waals surface area contributed by atoms with Crippen LogP contribution in [0.2, 0.25) is 0 Å². The van der Waals surface area contributed by atoms with Crippen LogP contribution in [0, 0.1) is 13.8 Å².